The average Bonchev–Trinajstić information content (AvgIpc) is 2.94. The minimum atomic E-state index is -0.496. The Labute approximate surface area is 160 Å². The molecule has 3 rings (SSSR count). The van der Waals surface area contributed by atoms with Crippen LogP contribution in [-0.2, 0) is 11.3 Å². The lowest BCUT2D eigenvalue weighted by atomic mass is 10.1. The summed E-state index contributed by atoms with van der Waals surface area (Å²) in [5, 5.41) is 9.26. The number of benzene rings is 1. The summed E-state index contributed by atoms with van der Waals surface area (Å²) in [6.07, 6.45) is 2.29. The van der Waals surface area contributed by atoms with Gasteiger partial charge in [0.25, 0.3) is 0 Å². The summed E-state index contributed by atoms with van der Waals surface area (Å²) in [5.41, 5.74) is 7.09. The van der Waals surface area contributed by atoms with Gasteiger partial charge in [0.2, 0.25) is 0 Å². The van der Waals surface area contributed by atoms with Crippen molar-refractivity contribution in [3.05, 3.63) is 28.9 Å². The van der Waals surface area contributed by atoms with Crippen molar-refractivity contribution in [2.75, 3.05) is 12.3 Å². The lowest BCUT2D eigenvalue weighted by Gasteiger charge is -2.19. The quantitative estimate of drug-likeness (QED) is 0.626. The third-order valence-electron chi connectivity index (χ3n) is 3.73. The zero-order valence-corrected chi connectivity index (χ0v) is 16.6. The number of amides is 1. The maximum Gasteiger partial charge on any atom is 0.407 e. The second kappa shape index (κ2) is 7.11. The Hall–Kier alpha value is -2.35. The normalized spacial score (nSPS) is 11.8. The zero-order chi connectivity index (χ0) is 18.9. The van der Waals surface area contributed by atoms with Gasteiger partial charge >= 0.3 is 6.09 Å². The van der Waals surface area contributed by atoms with Gasteiger partial charge in [-0.25, -0.2) is 9.78 Å². The molecule has 2 aromatic heterocycles. The largest absolute Gasteiger partial charge is 0.444 e. The van der Waals surface area contributed by atoms with Gasteiger partial charge in [-0.05, 0) is 39.3 Å². The van der Waals surface area contributed by atoms with Crippen LogP contribution in [0.3, 0.4) is 0 Å². The van der Waals surface area contributed by atoms with E-state index < -0.39 is 11.7 Å². The fourth-order valence-corrected chi connectivity index (χ4v) is 3.02. The number of hydrogen-bond donors (Lipinski definition) is 2. The lowest BCUT2D eigenvalue weighted by molar-refractivity contribution is 0.0526. The number of ether oxygens (including phenoxy) is 1. The highest BCUT2D eigenvalue weighted by Gasteiger charge is 2.15. The van der Waals surface area contributed by atoms with E-state index in [2.05, 4.69) is 31.3 Å². The molecule has 0 aliphatic heterocycles. The van der Waals surface area contributed by atoms with Crippen molar-refractivity contribution < 1.29 is 9.53 Å². The maximum absolute atomic E-state index is 11.6. The van der Waals surface area contributed by atoms with Gasteiger partial charge in [-0.2, -0.15) is 5.10 Å². The summed E-state index contributed by atoms with van der Waals surface area (Å²) < 4.78 is 8.00. The van der Waals surface area contributed by atoms with E-state index in [0.717, 1.165) is 27.2 Å². The molecule has 0 atom stereocenters. The predicted molar refractivity (Wildman–Crippen MR) is 106 cm³/mol. The zero-order valence-electron chi connectivity index (χ0n) is 15.0. The van der Waals surface area contributed by atoms with Gasteiger partial charge in [-0.15, -0.1) is 0 Å². The van der Waals surface area contributed by atoms with Crippen LogP contribution in [0.2, 0.25) is 0 Å². The molecule has 0 radical (unpaired) electrons. The third kappa shape index (κ3) is 4.24. The van der Waals surface area contributed by atoms with Crippen LogP contribution >= 0.6 is 15.9 Å². The highest BCUT2D eigenvalue weighted by Crippen LogP contribution is 2.28. The molecule has 7 nitrogen and oxygen atoms in total. The smallest absolute Gasteiger partial charge is 0.407 e. The predicted octanol–water partition coefficient (Wildman–Crippen LogP) is 3.84. The second-order valence-electron chi connectivity index (χ2n) is 7.10. The van der Waals surface area contributed by atoms with Crippen LogP contribution in [0, 0.1) is 0 Å². The highest BCUT2D eigenvalue weighted by atomic mass is 79.9. The number of nitrogen functional groups attached to an aromatic ring is 1. The van der Waals surface area contributed by atoms with Crippen molar-refractivity contribution in [1.29, 1.82) is 0 Å². The van der Waals surface area contributed by atoms with Crippen molar-refractivity contribution in [3.63, 3.8) is 0 Å². The van der Waals surface area contributed by atoms with Crippen molar-refractivity contribution in [2.24, 2.45) is 0 Å². The van der Waals surface area contributed by atoms with E-state index in [9.17, 15) is 4.79 Å². The van der Waals surface area contributed by atoms with Gasteiger partial charge in [0.05, 0.1) is 5.52 Å². The van der Waals surface area contributed by atoms with Gasteiger partial charge < -0.3 is 15.8 Å². The fraction of sp³-hybridized carbons (Fsp3) is 0.389. The van der Waals surface area contributed by atoms with E-state index in [1.807, 2.05) is 49.8 Å². The summed E-state index contributed by atoms with van der Waals surface area (Å²) in [6, 6.07) is 5.92. The number of fused-ring (bicyclic) bond motifs is 3. The van der Waals surface area contributed by atoms with E-state index >= 15 is 0 Å². The van der Waals surface area contributed by atoms with Crippen LogP contribution in [-0.4, -0.2) is 33.0 Å². The number of aryl methyl sites for hydroxylation is 1. The van der Waals surface area contributed by atoms with Crippen molar-refractivity contribution in [2.45, 2.75) is 39.3 Å². The number of halogens is 1. The molecule has 0 aliphatic carbocycles. The van der Waals surface area contributed by atoms with Gasteiger partial charge in [0, 0.05) is 34.5 Å². The standard InChI is InChI=1S/C18H22BrN5O2/c1-18(2,3)26-17(25)21-7-4-8-24-10-13-12-6-5-11(19)9-14(12)22-16(20)15(13)23-24/h5-6,9-10H,4,7-8H2,1-3H3,(H2,20,22)(H,21,25). The lowest BCUT2D eigenvalue weighted by Crippen LogP contribution is -2.33. The molecule has 0 saturated heterocycles. The molecule has 0 bridgehead atoms. The first-order chi connectivity index (χ1) is 12.2. The van der Waals surface area contributed by atoms with Gasteiger partial charge in [-0.3, -0.25) is 4.68 Å². The SMILES string of the molecule is CC(C)(C)OC(=O)NCCCn1cc2c(n1)c(N)nc1cc(Br)ccc12. The number of hydrogen-bond acceptors (Lipinski definition) is 5. The Balaban J connectivity index is 1.69. The number of anilines is 1. The Morgan fingerprint density at radius 2 is 2.12 bits per heavy atom. The number of carbonyl (C=O) groups excluding carboxylic acids is 1. The molecule has 3 N–H and O–H groups in total. The molecule has 26 heavy (non-hydrogen) atoms. The summed E-state index contributed by atoms with van der Waals surface area (Å²) >= 11 is 3.45. The summed E-state index contributed by atoms with van der Waals surface area (Å²) in [7, 11) is 0. The molecule has 3 aromatic rings. The van der Waals surface area contributed by atoms with Gasteiger partial charge in [-0.1, -0.05) is 22.0 Å². The number of nitrogens with zero attached hydrogens (tertiary/aromatic N) is 3. The monoisotopic (exact) mass is 419 g/mol. The van der Waals surface area contributed by atoms with E-state index in [0.29, 0.717) is 24.4 Å². The summed E-state index contributed by atoms with van der Waals surface area (Å²) in [5.74, 6) is 0.413. The van der Waals surface area contributed by atoms with Crippen molar-refractivity contribution >= 4 is 49.6 Å². The Morgan fingerprint density at radius 3 is 2.85 bits per heavy atom. The van der Waals surface area contributed by atoms with E-state index in [-0.39, 0.29) is 0 Å². The molecule has 1 aromatic carbocycles. The summed E-state index contributed by atoms with van der Waals surface area (Å²) in [6.45, 7) is 6.67. The average molecular weight is 420 g/mol. The molecule has 0 fully saturated rings. The molecular formula is C18H22BrN5O2. The Bertz CT molecular complexity index is 962. The number of pyridine rings is 1. The first kappa shape index (κ1) is 18.4. The van der Waals surface area contributed by atoms with Gasteiger partial charge in [0.1, 0.15) is 11.1 Å². The van der Waals surface area contributed by atoms with Crippen LogP contribution in [0.5, 0.6) is 0 Å². The number of alkyl carbamates (subject to hydrolysis) is 1. The molecule has 0 spiro atoms. The number of rotatable bonds is 4. The van der Waals surface area contributed by atoms with Crippen LogP contribution in [0.15, 0.2) is 28.9 Å². The first-order valence-corrected chi connectivity index (χ1v) is 9.21. The second-order valence-corrected chi connectivity index (χ2v) is 8.01. The number of nitrogens with two attached hydrogens (primary N) is 1. The number of aromatic nitrogens is 3. The van der Waals surface area contributed by atoms with E-state index in [1.54, 1.807) is 0 Å². The van der Waals surface area contributed by atoms with Crippen molar-refractivity contribution in [3.8, 4) is 0 Å². The minimum Gasteiger partial charge on any atom is -0.444 e. The third-order valence-corrected chi connectivity index (χ3v) is 4.22. The van der Waals surface area contributed by atoms with Gasteiger partial charge in [0.15, 0.2) is 5.82 Å². The van der Waals surface area contributed by atoms with E-state index in [1.165, 1.54) is 0 Å². The topological polar surface area (TPSA) is 95.1 Å². The summed E-state index contributed by atoms with van der Waals surface area (Å²) in [4.78, 5) is 16.1. The molecule has 138 valence electrons. The van der Waals surface area contributed by atoms with Crippen LogP contribution in [0.1, 0.15) is 27.2 Å². The highest BCUT2D eigenvalue weighted by molar-refractivity contribution is 9.10. The number of nitrogens with one attached hydrogen (secondary N) is 1. The van der Waals surface area contributed by atoms with Crippen molar-refractivity contribution in [1.82, 2.24) is 20.1 Å². The number of carbonyl (C=O) groups is 1. The maximum atomic E-state index is 11.6. The molecule has 0 aliphatic rings. The minimum absolute atomic E-state index is 0.409. The van der Waals surface area contributed by atoms with Crippen LogP contribution in [0.4, 0.5) is 10.6 Å². The molecule has 0 saturated carbocycles. The molecule has 8 heteroatoms. The molecule has 2 heterocycles. The molecule has 1 amide bonds. The Morgan fingerprint density at radius 1 is 1.35 bits per heavy atom. The molecular weight excluding hydrogens is 398 g/mol. The fourth-order valence-electron chi connectivity index (χ4n) is 2.68. The first-order valence-electron chi connectivity index (χ1n) is 8.42. The molecule has 0 unspecified atom stereocenters. The Kier molecular flexibility index (Phi) is 5.04. The van der Waals surface area contributed by atoms with Crippen LogP contribution in [0.25, 0.3) is 21.8 Å². The van der Waals surface area contributed by atoms with Crippen LogP contribution < -0.4 is 11.1 Å². The van der Waals surface area contributed by atoms with E-state index in [4.69, 9.17) is 10.5 Å².